The van der Waals surface area contributed by atoms with Crippen molar-refractivity contribution in [2.45, 2.75) is 26.8 Å². The Labute approximate surface area is 101 Å². The van der Waals surface area contributed by atoms with Crippen LogP contribution >= 0.6 is 11.6 Å². The van der Waals surface area contributed by atoms with E-state index in [1.54, 1.807) is 0 Å². The van der Waals surface area contributed by atoms with Gasteiger partial charge in [-0.05, 0) is 38.4 Å². The molecule has 1 heterocycles. The van der Waals surface area contributed by atoms with Crippen molar-refractivity contribution in [3.63, 3.8) is 0 Å². The minimum atomic E-state index is 0.711. The van der Waals surface area contributed by atoms with Gasteiger partial charge in [-0.25, -0.2) is 0 Å². The average molecular weight is 237 g/mol. The molecule has 0 aliphatic rings. The van der Waals surface area contributed by atoms with Gasteiger partial charge < -0.3 is 10.3 Å². The van der Waals surface area contributed by atoms with E-state index in [1.165, 1.54) is 16.6 Å². The van der Waals surface area contributed by atoms with Crippen molar-refractivity contribution >= 4 is 22.5 Å². The second-order valence-electron chi connectivity index (χ2n) is 4.14. The molecule has 0 spiro atoms. The van der Waals surface area contributed by atoms with Crippen molar-refractivity contribution in [2.24, 2.45) is 5.73 Å². The normalized spacial score (nSPS) is 11.2. The van der Waals surface area contributed by atoms with Crippen LogP contribution in [0.2, 0.25) is 5.02 Å². The first kappa shape index (κ1) is 11.5. The average Bonchev–Trinajstić information content (AvgIpc) is 2.52. The summed E-state index contributed by atoms with van der Waals surface area (Å²) in [6.07, 6.45) is 0.981. The molecule has 0 saturated heterocycles. The largest absolute Gasteiger partial charge is 0.343 e. The van der Waals surface area contributed by atoms with Crippen molar-refractivity contribution in [1.29, 1.82) is 0 Å². The number of nitrogens with zero attached hydrogens (tertiary/aromatic N) is 1. The number of nitrogens with two attached hydrogens (primary N) is 1. The van der Waals surface area contributed by atoms with Gasteiger partial charge in [-0.1, -0.05) is 23.7 Å². The van der Waals surface area contributed by atoms with Gasteiger partial charge in [0.15, 0.2) is 0 Å². The molecule has 1 aromatic heterocycles. The Morgan fingerprint density at radius 2 is 2.06 bits per heavy atom. The van der Waals surface area contributed by atoms with Gasteiger partial charge in [0.2, 0.25) is 0 Å². The van der Waals surface area contributed by atoms with E-state index in [-0.39, 0.29) is 0 Å². The van der Waals surface area contributed by atoms with Crippen LogP contribution in [0.1, 0.15) is 17.7 Å². The van der Waals surface area contributed by atoms with E-state index < -0.39 is 0 Å². The summed E-state index contributed by atoms with van der Waals surface area (Å²) in [5, 5.41) is 2.08. The van der Waals surface area contributed by atoms with Gasteiger partial charge in [-0.3, -0.25) is 0 Å². The number of fused-ring (bicyclic) bond motifs is 1. The van der Waals surface area contributed by atoms with Gasteiger partial charge in [0, 0.05) is 17.6 Å². The van der Waals surface area contributed by atoms with Crippen molar-refractivity contribution in [2.75, 3.05) is 6.54 Å². The Balaban J connectivity index is 2.66. The Morgan fingerprint density at radius 3 is 2.75 bits per heavy atom. The number of aryl methyl sites for hydroxylation is 2. The lowest BCUT2D eigenvalue weighted by molar-refractivity contribution is 0.655. The quantitative estimate of drug-likeness (QED) is 0.872. The zero-order valence-corrected chi connectivity index (χ0v) is 10.5. The number of aromatic nitrogens is 1. The van der Waals surface area contributed by atoms with Gasteiger partial charge in [-0.15, -0.1) is 0 Å². The topological polar surface area (TPSA) is 30.9 Å². The fourth-order valence-electron chi connectivity index (χ4n) is 2.19. The van der Waals surface area contributed by atoms with Gasteiger partial charge in [-0.2, -0.15) is 0 Å². The van der Waals surface area contributed by atoms with Crippen LogP contribution in [0, 0.1) is 13.8 Å². The first-order valence-electron chi connectivity index (χ1n) is 5.60. The summed E-state index contributed by atoms with van der Waals surface area (Å²) in [5.41, 5.74) is 9.32. The van der Waals surface area contributed by atoms with Crippen LogP contribution in [0.3, 0.4) is 0 Å². The molecule has 86 valence electrons. The van der Waals surface area contributed by atoms with Gasteiger partial charge in [0.25, 0.3) is 0 Å². The minimum absolute atomic E-state index is 0.711. The van der Waals surface area contributed by atoms with Crippen molar-refractivity contribution < 1.29 is 0 Å². The van der Waals surface area contributed by atoms with E-state index in [2.05, 4.69) is 24.5 Å². The second kappa shape index (κ2) is 4.48. The summed E-state index contributed by atoms with van der Waals surface area (Å²) in [7, 11) is 0. The molecule has 1 aromatic carbocycles. The molecule has 0 radical (unpaired) electrons. The molecule has 0 atom stereocenters. The van der Waals surface area contributed by atoms with Crippen molar-refractivity contribution in [3.05, 3.63) is 34.5 Å². The summed E-state index contributed by atoms with van der Waals surface area (Å²) in [4.78, 5) is 0. The monoisotopic (exact) mass is 236 g/mol. The van der Waals surface area contributed by atoms with E-state index >= 15 is 0 Å². The van der Waals surface area contributed by atoms with E-state index in [1.807, 2.05) is 12.1 Å². The van der Waals surface area contributed by atoms with Crippen LogP contribution in [0.4, 0.5) is 0 Å². The molecule has 0 aliphatic heterocycles. The van der Waals surface area contributed by atoms with Crippen LogP contribution < -0.4 is 5.73 Å². The van der Waals surface area contributed by atoms with Gasteiger partial charge in [0.1, 0.15) is 0 Å². The van der Waals surface area contributed by atoms with E-state index in [9.17, 15) is 0 Å². The fraction of sp³-hybridized carbons (Fsp3) is 0.385. The predicted octanol–water partition coefficient (Wildman–Crippen LogP) is 3.26. The SMILES string of the molecule is Cc1c(C)n(CCCN)c2c(Cl)cccc12. The summed E-state index contributed by atoms with van der Waals surface area (Å²) in [6.45, 7) is 5.94. The molecule has 2 N–H and O–H groups in total. The zero-order chi connectivity index (χ0) is 11.7. The van der Waals surface area contributed by atoms with E-state index in [0.717, 1.165) is 23.5 Å². The maximum absolute atomic E-state index is 6.27. The third kappa shape index (κ3) is 1.72. The fourth-order valence-corrected chi connectivity index (χ4v) is 2.46. The maximum atomic E-state index is 6.27. The molecular formula is C13H17ClN2. The minimum Gasteiger partial charge on any atom is -0.343 e. The molecule has 0 unspecified atom stereocenters. The number of halogens is 1. The summed E-state index contributed by atoms with van der Waals surface area (Å²) < 4.78 is 2.28. The molecule has 0 fully saturated rings. The zero-order valence-electron chi connectivity index (χ0n) is 9.76. The number of benzene rings is 1. The summed E-state index contributed by atoms with van der Waals surface area (Å²) in [5.74, 6) is 0. The molecule has 0 saturated carbocycles. The Morgan fingerprint density at radius 1 is 1.31 bits per heavy atom. The highest BCUT2D eigenvalue weighted by Crippen LogP contribution is 2.30. The highest BCUT2D eigenvalue weighted by atomic mass is 35.5. The maximum Gasteiger partial charge on any atom is 0.0674 e. The smallest absolute Gasteiger partial charge is 0.0674 e. The summed E-state index contributed by atoms with van der Waals surface area (Å²) >= 11 is 6.27. The standard InChI is InChI=1S/C13H17ClN2/c1-9-10(2)16(8-4-7-15)13-11(9)5-3-6-12(13)14/h3,5-6H,4,7-8,15H2,1-2H3. The molecule has 0 bridgehead atoms. The predicted molar refractivity (Wildman–Crippen MR) is 70.1 cm³/mol. The van der Waals surface area contributed by atoms with Crippen LogP contribution in [0.15, 0.2) is 18.2 Å². The lowest BCUT2D eigenvalue weighted by Gasteiger charge is -2.08. The number of rotatable bonds is 3. The van der Waals surface area contributed by atoms with Gasteiger partial charge >= 0.3 is 0 Å². The van der Waals surface area contributed by atoms with E-state index in [0.29, 0.717) is 6.54 Å². The molecule has 2 aromatic rings. The Bertz CT molecular complexity index is 514. The van der Waals surface area contributed by atoms with Crippen LogP contribution in [-0.4, -0.2) is 11.1 Å². The molecular weight excluding hydrogens is 220 g/mol. The molecule has 2 rings (SSSR count). The summed E-state index contributed by atoms with van der Waals surface area (Å²) in [6, 6.07) is 6.08. The van der Waals surface area contributed by atoms with Crippen molar-refractivity contribution in [3.8, 4) is 0 Å². The number of hydrogen-bond acceptors (Lipinski definition) is 1. The highest BCUT2D eigenvalue weighted by molar-refractivity contribution is 6.35. The first-order chi connectivity index (χ1) is 7.66. The van der Waals surface area contributed by atoms with E-state index in [4.69, 9.17) is 17.3 Å². The third-order valence-electron chi connectivity index (χ3n) is 3.19. The van der Waals surface area contributed by atoms with Crippen LogP contribution in [0.25, 0.3) is 10.9 Å². The molecule has 0 amide bonds. The van der Waals surface area contributed by atoms with Gasteiger partial charge in [0.05, 0.1) is 10.5 Å². The lowest BCUT2D eigenvalue weighted by Crippen LogP contribution is -2.07. The lowest BCUT2D eigenvalue weighted by atomic mass is 10.2. The number of hydrogen-bond donors (Lipinski definition) is 1. The number of para-hydroxylation sites is 1. The van der Waals surface area contributed by atoms with Crippen molar-refractivity contribution in [1.82, 2.24) is 4.57 Å². The molecule has 2 nitrogen and oxygen atoms in total. The van der Waals surface area contributed by atoms with Crippen LogP contribution in [0.5, 0.6) is 0 Å². The molecule has 3 heteroatoms. The highest BCUT2D eigenvalue weighted by Gasteiger charge is 2.12. The Hall–Kier alpha value is -0.990. The van der Waals surface area contributed by atoms with Crippen LogP contribution in [-0.2, 0) is 6.54 Å². The molecule has 0 aliphatic carbocycles. The third-order valence-corrected chi connectivity index (χ3v) is 3.50. The molecule has 16 heavy (non-hydrogen) atoms. The Kier molecular flexibility index (Phi) is 3.22. The second-order valence-corrected chi connectivity index (χ2v) is 4.55. The first-order valence-corrected chi connectivity index (χ1v) is 5.98.